The van der Waals surface area contributed by atoms with Gasteiger partial charge < -0.3 is 11.1 Å². The first kappa shape index (κ1) is 13.4. The fourth-order valence-corrected chi connectivity index (χ4v) is 2.73. The maximum atomic E-state index is 11.8. The first-order chi connectivity index (χ1) is 8.48. The molecule has 0 bridgehead atoms. The number of anilines is 1. The summed E-state index contributed by atoms with van der Waals surface area (Å²) >= 11 is 3.27. The summed E-state index contributed by atoms with van der Waals surface area (Å²) in [5.41, 5.74) is 5.88. The van der Waals surface area contributed by atoms with Gasteiger partial charge in [0.25, 0.3) is 0 Å². The number of hydrogen-bond acceptors (Lipinski definition) is 3. The van der Waals surface area contributed by atoms with Gasteiger partial charge >= 0.3 is 0 Å². The quantitative estimate of drug-likeness (QED) is 0.891. The van der Waals surface area contributed by atoms with Crippen LogP contribution in [0.2, 0.25) is 0 Å². The zero-order chi connectivity index (χ0) is 13.2. The average Bonchev–Trinajstić information content (AvgIpc) is 2.85. The van der Waals surface area contributed by atoms with Crippen LogP contribution in [0.25, 0.3) is 0 Å². The Labute approximate surface area is 115 Å². The second kappa shape index (κ2) is 5.30. The smallest absolute Gasteiger partial charge is 0.241 e. The van der Waals surface area contributed by atoms with Gasteiger partial charge in [0, 0.05) is 12.7 Å². The second-order valence-electron chi connectivity index (χ2n) is 5.35. The van der Waals surface area contributed by atoms with Crippen LogP contribution >= 0.6 is 15.9 Å². The molecule has 5 nitrogen and oxygen atoms in total. The van der Waals surface area contributed by atoms with Crippen LogP contribution in [0.15, 0.2) is 10.7 Å². The lowest BCUT2D eigenvalue weighted by Crippen LogP contribution is -2.36. The van der Waals surface area contributed by atoms with Crippen LogP contribution in [0.5, 0.6) is 0 Å². The first-order valence-corrected chi connectivity index (χ1v) is 7.03. The number of aromatic nitrogens is 2. The zero-order valence-electron chi connectivity index (χ0n) is 10.6. The summed E-state index contributed by atoms with van der Waals surface area (Å²) in [5, 5.41) is 7.02. The van der Waals surface area contributed by atoms with E-state index in [1.54, 1.807) is 10.9 Å². The molecular weight excluding hydrogens is 296 g/mol. The van der Waals surface area contributed by atoms with Gasteiger partial charge in [-0.25, -0.2) is 0 Å². The lowest BCUT2D eigenvalue weighted by Gasteiger charge is -2.23. The number of carbonyl (C=O) groups excluding carboxylic acids is 1. The Kier molecular flexibility index (Phi) is 3.94. The number of nitrogens with one attached hydrogen (secondary N) is 1. The third-order valence-corrected chi connectivity index (χ3v) is 4.18. The average molecular weight is 315 g/mol. The second-order valence-corrected chi connectivity index (χ2v) is 6.21. The molecule has 3 N–H and O–H groups in total. The van der Waals surface area contributed by atoms with Gasteiger partial charge in [-0.3, -0.25) is 9.48 Å². The van der Waals surface area contributed by atoms with Crippen LogP contribution in [0.3, 0.4) is 0 Å². The predicted molar refractivity (Wildman–Crippen MR) is 73.9 cm³/mol. The molecule has 1 aliphatic rings. The largest absolute Gasteiger partial charge is 0.381 e. The maximum Gasteiger partial charge on any atom is 0.241 e. The van der Waals surface area contributed by atoms with Crippen molar-refractivity contribution >= 4 is 27.7 Å². The van der Waals surface area contributed by atoms with E-state index < -0.39 is 0 Å². The van der Waals surface area contributed by atoms with Crippen LogP contribution in [0, 0.1) is 5.41 Å². The van der Waals surface area contributed by atoms with E-state index in [1.807, 2.05) is 0 Å². The summed E-state index contributed by atoms with van der Waals surface area (Å²) in [7, 11) is 0. The molecule has 1 saturated carbocycles. The lowest BCUT2D eigenvalue weighted by molar-refractivity contribution is -0.122. The molecule has 0 radical (unpaired) electrons. The Morgan fingerprint density at radius 2 is 2.28 bits per heavy atom. The van der Waals surface area contributed by atoms with Crippen molar-refractivity contribution in [2.75, 3.05) is 12.3 Å². The molecule has 0 aliphatic heterocycles. The SMILES string of the molecule is CC1(CNC(=O)Cn2cc(Br)c(N)n2)CCCC1. The highest BCUT2D eigenvalue weighted by Crippen LogP contribution is 2.36. The van der Waals surface area contributed by atoms with Crippen molar-refractivity contribution in [2.24, 2.45) is 5.41 Å². The first-order valence-electron chi connectivity index (χ1n) is 6.24. The monoisotopic (exact) mass is 314 g/mol. The van der Waals surface area contributed by atoms with Crippen LogP contribution in [-0.4, -0.2) is 22.2 Å². The molecule has 6 heteroatoms. The molecule has 1 amide bonds. The van der Waals surface area contributed by atoms with E-state index in [0.29, 0.717) is 5.82 Å². The van der Waals surface area contributed by atoms with E-state index in [-0.39, 0.29) is 17.9 Å². The van der Waals surface area contributed by atoms with Crippen molar-refractivity contribution in [1.29, 1.82) is 0 Å². The third kappa shape index (κ3) is 3.25. The van der Waals surface area contributed by atoms with Gasteiger partial charge in [-0.1, -0.05) is 19.8 Å². The van der Waals surface area contributed by atoms with E-state index in [0.717, 1.165) is 11.0 Å². The Morgan fingerprint density at radius 1 is 1.61 bits per heavy atom. The number of nitrogens with two attached hydrogens (primary N) is 1. The van der Waals surface area contributed by atoms with Crippen molar-refractivity contribution in [3.05, 3.63) is 10.7 Å². The highest BCUT2D eigenvalue weighted by molar-refractivity contribution is 9.10. The number of rotatable bonds is 4. The summed E-state index contributed by atoms with van der Waals surface area (Å²) in [6.45, 7) is 3.21. The molecule has 1 aliphatic carbocycles. The van der Waals surface area contributed by atoms with Crippen molar-refractivity contribution in [3.63, 3.8) is 0 Å². The van der Waals surface area contributed by atoms with Gasteiger partial charge in [-0.05, 0) is 34.2 Å². The van der Waals surface area contributed by atoms with Crippen LogP contribution in [-0.2, 0) is 11.3 Å². The minimum absolute atomic E-state index is 0.0156. The molecule has 0 saturated heterocycles. The molecule has 1 aromatic heterocycles. The molecule has 18 heavy (non-hydrogen) atoms. The fraction of sp³-hybridized carbons (Fsp3) is 0.667. The predicted octanol–water partition coefficient (Wildman–Crippen LogP) is 1.92. The molecule has 1 fully saturated rings. The summed E-state index contributed by atoms with van der Waals surface area (Å²) in [5.74, 6) is 0.392. The highest BCUT2D eigenvalue weighted by Gasteiger charge is 2.28. The molecule has 2 rings (SSSR count). The normalized spacial score (nSPS) is 17.9. The summed E-state index contributed by atoms with van der Waals surface area (Å²) in [6.07, 6.45) is 6.66. The molecule has 0 spiro atoms. The summed E-state index contributed by atoms with van der Waals surface area (Å²) < 4.78 is 2.27. The van der Waals surface area contributed by atoms with Crippen molar-refractivity contribution < 1.29 is 4.79 Å². The Bertz CT molecular complexity index is 418. The molecular formula is C12H19BrN4O. The molecule has 100 valence electrons. The Balaban J connectivity index is 1.82. The van der Waals surface area contributed by atoms with Crippen molar-refractivity contribution in [2.45, 2.75) is 39.2 Å². The number of carbonyl (C=O) groups is 1. The van der Waals surface area contributed by atoms with Gasteiger partial charge in [-0.2, -0.15) is 5.10 Å². The van der Waals surface area contributed by atoms with Gasteiger partial charge in [0.15, 0.2) is 5.82 Å². The topological polar surface area (TPSA) is 72.9 Å². The van der Waals surface area contributed by atoms with E-state index >= 15 is 0 Å². The van der Waals surface area contributed by atoms with Crippen LogP contribution < -0.4 is 11.1 Å². The van der Waals surface area contributed by atoms with Gasteiger partial charge in [-0.15, -0.1) is 0 Å². The zero-order valence-corrected chi connectivity index (χ0v) is 12.2. The number of amides is 1. The van der Waals surface area contributed by atoms with Crippen LogP contribution in [0.1, 0.15) is 32.6 Å². The van der Waals surface area contributed by atoms with E-state index in [1.165, 1.54) is 25.7 Å². The van der Waals surface area contributed by atoms with Crippen LogP contribution in [0.4, 0.5) is 5.82 Å². The van der Waals surface area contributed by atoms with Gasteiger partial charge in [0.05, 0.1) is 4.47 Å². The number of hydrogen-bond donors (Lipinski definition) is 2. The number of nitrogen functional groups attached to an aromatic ring is 1. The molecule has 0 unspecified atom stereocenters. The molecule has 1 heterocycles. The van der Waals surface area contributed by atoms with Gasteiger partial charge in [0.1, 0.15) is 6.54 Å². The maximum absolute atomic E-state index is 11.8. The Hall–Kier alpha value is -1.04. The Morgan fingerprint density at radius 3 is 2.83 bits per heavy atom. The summed E-state index contributed by atoms with van der Waals surface area (Å²) in [6, 6.07) is 0. The molecule has 0 aromatic carbocycles. The molecule has 1 aromatic rings. The third-order valence-electron chi connectivity index (χ3n) is 3.57. The summed E-state index contributed by atoms with van der Waals surface area (Å²) in [4.78, 5) is 11.8. The minimum atomic E-state index is -0.0156. The van der Waals surface area contributed by atoms with E-state index in [4.69, 9.17) is 5.73 Å². The molecule has 0 atom stereocenters. The fourth-order valence-electron chi connectivity index (χ4n) is 2.41. The number of nitrogens with zero attached hydrogens (tertiary/aromatic N) is 2. The van der Waals surface area contributed by atoms with Crippen molar-refractivity contribution in [3.8, 4) is 0 Å². The minimum Gasteiger partial charge on any atom is -0.381 e. The number of halogens is 1. The standard InChI is InChI=1S/C12H19BrN4O/c1-12(4-2-3-5-12)8-15-10(18)7-17-6-9(13)11(14)16-17/h6H,2-5,7-8H2,1H3,(H2,14,16)(H,15,18). The van der Waals surface area contributed by atoms with E-state index in [9.17, 15) is 4.79 Å². The van der Waals surface area contributed by atoms with Gasteiger partial charge in [0.2, 0.25) is 5.91 Å². The van der Waals surface area contributed by atoms with E-state index in [2.05, 4.69) is 33.3 Å². The highest BCUT2D eigenvalue weighted by atomic mass is 79.9. The lowest BCUT2D eigenvalue weighted by atomic mass is 9.89. The van der Waals surface area contributed by atoms with Crippen molar-refractivity contribution in [1.82, 2.24) is 15.1 Å².